The van der Waals surface area contributed by atoms with E-state index in [1.54, 1.807) is 0 Å². The van der Waals surface area contributed by atoms with Crippen LogP contribution in [-0.4, -0.2) is 30.7 Å². The fourth-order valence-corrected chi connectivity index (χ4v) is 3.20. The van der Waals surface area contributed by atoms with Crippen molar-refractivity contribution in [2.45, 2.75) is 45.9 Å². The third-order valence-electron chi connectivity index (χ3n) is 4.53. The van der Waals surface area contributed by atoms with Crippen molar-refractivity contribution in [3.05, 3.63) is 48.5 Å². The number of carbonyl (C=O) groups excluding carboxylic acids is 1. The molecule has 0 saturated heterocycles. The van der Waals surface area contributed by atoms with Gasteiger partial charge in [-0.2, -0.15) is 0 Å². The van der Waals surface area contributed by atoms with E-state index in [9.17, 15) is 4.79 Å². The number of benzene rings is 2. The summed E-state index contributed by atoms with van der Waals surface area (Å²) >= 11 is 0. The van der Waals surface area contributed by atoms with Crippen molar-refractivity contribution in [3.63, 3.8) is 0 Å². The highest BCUT2D eigenvalue weighted by Crippen LogP contribution is 2.33. The molecule has 5 nitrogen and oxygen atoms in total. The van der Waals surface area contributed by atoms with E-state index < -0.39 is 6.10 Å². The molecule has 1 aliphatic heterocycles. The lowest BCUT2D eigenvalue weighted by molar-refractivity contribution is -0.128. The minimum absolute atomic E-state index is 0.212. The Morgan fingerprint density at radius 3 is 2.27 bits per heavy atom. The van der Waals surface area contributed by atoms with Crippen LogP contribution < -0.4 is 19.7 Å². The molecule has 1 heterocycles. The molecule has 2 atom stereocenters. The second-order valence-corrected chi connectivity index (χ2v) is 6.72. The highest BCUT2D eigenvalue weighted by Gasteiger charge is 2.34. The molecule has 1 aliphatic rings. The largest absolute Gasteiger partial charge is 0.482 e. The van der Waals surface area contributed by atoms with E-state index in [2.05, 4.69) is 31.0 Å². The van der Waals surface area contributed by atoms with E-state index in [1.807, 2.05) is 55.5 Å². The lowest BCUT2D eigenvalue weighted by Crippen LogP contribution is -2.46. The zero-order valence-electron chi connectivity index (χ0n) is 15.7. The second kappa shape index (κ2) is 7.68. The number of para-hydroxylation sites is 2. The van der Waals surface area contributed by atoms with Crippen LogP contribution in [0, 0.1) is 0 Å². The predicted molar refractivity (Wildman–Crippen MR) is 104 cm³/mol. The maximum atomic E-state index is 12.6. The number of nitrogens with one attached hydrogen (secondary N) is 1. The number of anilines is 2. The Labute approximate surface area is 154 Å². The van der Waals surface area contributed by atoms with Gasteiger partial charge >= 0.3 is 0 Å². The normalized spacial score (nSPS) is 18.5. The summed E-state index contributed by atoms with van der Waals surface area (Å²) in [6.45, 7) is 9.24. The number of carbonyl (C=O) groups is 1. The maximum Gasteiger partial charge on any atom is 0.269 e. The molecule has 5 heteroatoms. The van der Waals surface area contributed by atoms with Crippen LogP contribution in [0.25, 0.3) is 0 Å². The Hall–Kier alpha value is -2.69. The van der Waals surface area contributed by atoms with Gasteiger partial charge < -0.3 is 19.7 Å². The van der Waals surface area contributed by atoms with Gasteiger partial charge in [-0.15, -0.1) is 0 Å². The third kappa shape index (κ3) is 3.77. The van der Waals surface area contributed by atoms with Crippen molar-refractivity contribution >= 4 is 17.3 Å². The molecule has 2 aromatic carbocycles. The lowest BCUT2D eigenvalue weighted by atomic mass is 10.1. The van der Waals surface area contributed by atoms with Crippen molar-refractivity contribution in [1.29, 1.82) is 0 Å². The topological polar surface area (TPSA) is 50.8 Å². The molecule has 138 valence electrons. The van der Waals surface area contributed by atoms with Gasteiger partial charge in [-0.1, -0.05) is 12.1 Å². The van der Waals surface area contributed by atoms with E-state index in [0.29, 0.717) is 17.5 Å². The maximum absolute atomic E-state index is 12.6. The molecule has 1 N–H and O–H groups in total. The van der Waals surface area contributed by atoms with Crippen molar-refractivity contribution in [3.8, 4) is 11.5 Å². The van der Waals surface area contributed by atoms with Crippen LogP contribution in [0.1, 0.15) is 27.7 Å². The highest BCUT2D eigenvalue weighted by molar-refractivity contribution is 5.95. The molecule has 0 bridgehead atoms. The Morgan fingerprint density at radius 1 is 1.08 bits per heavy atom. The summed E-state index contributed by atoms with van der Waals surface area (Å²) in [5, 5.41) is 2.92. The van der Waals surface area contributed by atoms with E-state index in [4.69, 9.17) is 9.47 Å². The number of hydrogen-bond donors (Lipinski definition) is 1. The van der Waals surface area contributed by atoms with Crippen molar-refractivity contribution in [2.75, 3.05) is 16.8 Å². The van der Waals surface area contributed by atoms with Crippen LogP contribution in [0.4, 0.5) is 11.4 Å². The summed E-state index contributed by atoms with van der Waals surface area (Å²) in [7, 11) is 0. The fourth-order valence-electron chi connectivity index (χ4n) is 3.20. The monoisotopic (exact) mass is 354 g/mol. The summed E-state index contributed by atoms with van der Waals surface area (Å²) in [6, 6.07) is 15.7. The Bertz CT molecular complexity index is 758. The third-order valence-corrected chi connectivity index (χ3v) is 4.53. The van der Waals surface area contributed by atoms with Gasteiger partial charge in [0.15, 0.2) is 11.5 Å². The van der Waals surface area contributed by atoms with Gasteiger partial charge in [-0.3, -0.25) is 4.79 Å². The highest BCUT2D eigenvalue weighted by atomic mass is 16.6. The first-order valence-corrected chi connectivity index (χ1v) is 9.09. The molecule has 0 aliphatic carbocycles. The molecule has 0 fully saturated rings. The van der Waals surface area contributed by atoms with Crippen LogP contribution in [0.5, 0.6) is 11.5 Å². The average Bonchev–Trinajstić information content (AvgIpc) is 2.62. The van der Waals surface area contributed by atoms with E-state index >= 15 is 0 Å². The molecule has 0 spiro atoms. The minimum atomic E-state index is -0.688. The van der Waals surface area contributed by atoms with Gasteiger partial charge in [-0.05, 0) is 64.1 Å². The zero-order chi connectivity index (χ0) is 18.7. The first-order valence-electron chi connectivity index (χ1n) is 9.09. The molecule has 2 aromatic rings. The first kappa shape index (κ1) is 18.1. The van der Waals surface area contributed by atoms with Crippen molar-refractivity contribution in [1.82, 2.24) is 0 Å². The molecule has 0 unspecified atom stereocenters. The number of ether oxygens (including phenoxy) is 2. The van der Waals surface area contributed by atoms with Crippen LogP contribution in [-0.2, 0) is 4.79 Å². The van der Waals surface area contributed by atoms with Gasteiger partial charge in [-0.25, -0.2) is 0 Å². The molecule has 0 radical (unpaired) electrons. The summed E-state index contributed by atoms with van der Waals surface area (Å²) in [4.78, 5) is 14.9. The summed E-state index contributed by atoms with van der Waals surface area (Å²) in [5.41, 5.74) is 1.88. The summed E-state index contributed by atoms with van der Waals surface area (Å²) in [6.07, 6.45) is -1.05. The first-order chi connectivity index (χ1) is 12.5. The van der Waals surface area contributed by atoms with Crippen LogP contribution in [0.3, 0.4) is 0 Å². The second-order valence-electron chi connectivity index (χ2n) is 6.72. The Morgan fingerprint density at radius 2 is 1.69 bits per heavy atom. The Kier molecular flexibility index (Phi) is 5.35. The molecule has 0 aromatic heterocycles. The quantitative estimate of drug-likeness (QED) is 0.879. The van der Waals surface area contributed by atoms with E-state index in [0.717, 1.165) is 17.9 Å². The number of nitrogens with zero attached hydrogens (tertiary/aromatic N) is 1. The smallest absolute Gasteiger partial charge is 0.269 e. The lowest BCUT2D eigenvalue weighted by Gasteiger charge is -2.31. The number of fused-ring (bicyclic) bond motifs is 1. The van der Waals surface area contributed by atoms with Gasteiger partial charge in [0.25, 0.3) is 5.91 Å². The van der Waals surface area contributed by atoms with E-state index in [-0.39, 0.29) is 12.0 Å². The summed E-state index contributed by atoms with van der Waals surface area (Å²) < 4.78 is 11.6. The van der Waals surface area contributed by atoms with Crippen molar-refractivity contribution < 1.29 is 14.3 Å². The average molecular weight is 354 g/mol. The van der Waals surface area contributed by atoms with E-state index in [1.165, 1.54) is 0 Å². The standard InChI is InChI=1S/C21H26N2O3/c1-5-23(14(2)3)17-12-10-16(11-13-17)22-21(24)20-15(4)25-18-8-6-7-9-19(18)26-20/h6-15,20H,5H2,1-4H3,(H,22,24)/t15-,20-/m0/s1. The zero-order valence-corrected chi connectivity index (χ0v) is 15.7. The Balaban J connectivity index is 1.68. The molecule has 3 rings (SSSR count). The molecule has 1 amide bonds. The van der Waals surface area contributed by atoms with Crippen LogP contribution in [0.15, 0.2) is 48.5 Å². The SMILES string of the molecule is CCN(c1ccc(NC(=O)[C@H]2Oc3ccccc3O[C@H]2C)cc1)C(C)C. The number of hydrogen-bond acceptors (Lipinski definition) is 4. The number of amides is 1. The van der Waals surface area contributed by atoms with Gasteiger partial charge in [0.1, 0.15) is 6.10 Å². The molecular weight excluding hydrogens is 328 g/mol. The summed E-state index contributed by atoms with van der Waals surface area (Å²) in [5.74, 6) is 1.05. The number of rotatable bonds is 5. The van der Waals surface area contributed by atoms with Crippen molar-refractivity contribution in [2.24, 2.45) is 0 Å². The predicted octanol–water partition coefficient (Wildman–Crippen LogP) is 4.09. The molecule has 26 heavy (non-hydrogen) atoms. The van der Waals surface area contributed by atoms with Gasteiger partial charge in [0, 0.05) is 24.0 Å². The molecule has 0 saturated carbocycles. The fraction of sp³-hybridized carbons (Fsp3) is 0.381. The van der Waals surface area contributed by atoms with Gasteiger partial charge in [0.2, 0.25) is 6.10 Å². The van der Waals surface area contributed by atoms with Gasteiger partial charge in [0.05, 0.1) is 0 Å². The minimum Gasteiger partial charge on any atom is -0.482 e. The van der Waals surface area contributed by atoms with Crippen LogP contribution in [0.2, 0.25) is 0 Å². The molecular formula is C21H26N2O3. The van der Waals surface area contributed by atoms with Crippen LogP contribution >= 0.6 is 0 Å².